The maximum absolute atomic E-state index is 12.7. The minimum absolute atomic E-state index is 0.0860. The van der Waals surface area contributed by atoms with Crippen LogP contribution in [0.25, 0.3) is 0 Å². The third-order valence-corrected chi connectivity index (χ3v) is 5.43. The van der Waals surface area contributed by atoms with E-state index in [0.717, 1.165) is 0 Å². The molecule has 154 valence electrons. The van der Waals surface area contributed by atoms with Crippen LogP contribution in [0.5, 0.6) is 0 Å². The van der Waals surface area contributed by atoms with Gasteiger partial charge in [0.2, 0.25) is 0 Å². The van der Waals surface area contributed by atoms with E-state index >= 15 is 0 Å². The number of carboxylic acids is 1. The number of thiophene rings is 1. The fourth-order valence-electron chi connectivity index (χ4n) is 3.16. The van der Waals surface area contributed by atoms with Crippen LogP contribution in [-0.4, -0.2) is 22.9 Å². The zero-order chi connectivity index (χ0) is 21.7. The van der Waals surface area contributed by atoms with Crippen LogP contribution in [0.3, 0.4) is 0 Å². The molecular weight excluding hydrogens is 400 g/mol. The highest BCUT2D eigenvalue weighted by molar-refractivity contribution is 7.12. The lowest BCUT2D eigenvalue weighted by atomic mass is 9.88. The zero-order valence-electron chi connectivity index (χ0n) is 16.6. The van der Waals surface area contributed by atoms with Gasteiger partial charge < -0.3 is 15.7 Å². The molecule has 1 unspecified atom stereocenters. The lowest BCUT2D eigenvalue weighted by Crippen LogP contribution is -2.18. The quantitative estimate of drug-likeness (QED) is 0.495. The second-order valence-electron chi connectivity index (χ2n) is 7.15. The minimum atomic E-state index is -0.900. The van der Waals surface area contributed by atoms with E-state index in [0.29, 0.717) is 27.4 Å². The SMILES string of the molecule is CC(C)C(C(=O)O)c1cccc(NC(=O)c2cccc(NC(=O)c3cccs3)c2)c1. The number of rotatable bonds is 7. The maximum Gasteiger partial charge on any atom is 0.311 e. The predicted molar refractivity (Wildman–Crippen MR) is 118 cm³/mol. The molecular formula is C23H22N2O4S. The predicted octanol–water partition coefficient (Wildman–Crippen LogP) is 5.08. The molecule has 0 aliphatic rings. The first-order valence-electron chi connectivity index (χ1n) is 9.44. The Hall–Kier alpha value is -3.45. The van der Waals surface area contributed by atoms with E-state index in [9.17, 15) is 19.5 Å². The van der Waals surface area contributed by atoms with Crippen molar-refractivity contribution in [1.29, 1.82) is 0 Å². The van der Waals surface area contributed by atoms with Crippen LogP contribution in [-0.2, 0) is 4.79 Å². The lowest BCUT2D eigenvalue weighted by Gasteiger charge is -2.17. The van der Waals surface area contributed by atoms with E-state index in [2.05, 4.69) is 10.6 Å². The molecule has 0 saturated carbocycles. The molecule has 3 aromatic rings. The number of aliphatic carboxylic acids is 1. The topological polar surface area (TPSA) is 95.5 Å². The van der Waals surface area contributed by atoms with Crippen molar-refractivity contribution in [3.63, 3.8) is 0 Å². The highest BCUT2D eigenvalue weighted by Gasteiger charge is 2.23. The Morgan fingerprint density at radius 1 is 0.867 bits per heavy atom. The molecule has 0 saturated heterocycles. The summed E-state index contributed by atoms with van der Waals surface area (Å²) in [5, 5.41) is 16.9. The first-order chi connectivity index (χ1) is 14.3. The largest absolute Gasteiger partial charge is 0.481 e. The van der Waals surface area contributed by atoms with Gasteiger partial charge in [-0.1, -0.05) is 38.1 Å². The number of carbonyl (C=O) groups excluding carboxylic acids is 2. The molecule has 0 fully saturated rings. The van der Waals surface area contributed by atoms with Gasteiger partial charge in [0, 0.05) is 16.9 Å². The number of amides is 2. The molecule has 0 aliphatic heterocycles. The Morgan fingerprint density at radius 2 is 1.53 bits per heavy atom. The normalized spacial score (nSPS) is 11.7. The molecule has 2 amide bonds. The van der Waals surface area contributed by atoms with Gasteiger partial charge >= 0.3 is 5.97 Å². The summed E-state index contributed by atoms with van der Waals surface area (Å²) in [6, 6.07) is 17.0. The molecule has 2 aromatic carbocycles. The smallest absolute Gasteiger partial charge is 0.311 e. The summed E-state index contributed by atoms with van der Waals surface area (Å²) in [4.78, 5) is 37.1. The lowest BCUT2D eigenvalue weighted by molar-refractivity contribution is -0.139. The van der Waals surface area contributed by atoms with Gasteiger partial charge in [0.1, 0.15) is 0 Å². The van der Waals surface area contributed by atoms with Gasteiger partial charge in [-0.3, -0.25) is 14.4 Å². The van der Waals surface area contributed by atoms with Crippen molar-refractivity contribution in [2.24, 2.45) is 5.92 Å². The van der Waals surface area contributed by atoms with Gasteiger partial charge in [0.05, 0.1) is 10.8 Å². The number of anilines is 2. The van der Waals surface area contributed by atoms with Gasteiger partial charge in [-0.25, -0.2) is 0 Å². The second kappa shape index (κ2) is 9.37. The van der Waals surface area contributed by atoms with Crippen molar-refractivity contribution in [2.75, 3.05) is 10.6 Å². The molecule has 3 rings (SSSR count). The van der Waals surface area contributed by atoms with Crippen LogP contribution in [0.1, 0.15) is 45.4 Å². The van der Waals surface area contributed by atoms with Gasteiger partial charge in [-0.05, 0) is 53.3 Å². The van der Waals surface area contributed by atoms with E-state index in [1.165, 1.54) is 11.3 Å². The van der Waals surface area contributed by atoms with Gasteiger partial charge in [-0.2, -0.15) is 0 Å². The van der Waals surface area contributed by atoms with Crippen molar-refractivity contribution >= 4 is 40.5 Å². The number of nitrogens with one attached hydrogen (secondary N) is 2. The van der Waals surface area contributed by atoms with Gasteiger partial charge in [0.15, 0.2) is 0 Å². The first kappa shape index (κ1) is 21.3. The Balaban J connectivity index is 1.74. The van der Waals surface area contributed by atoms with Crippen molar-refractivity contribution in [3.05, 3.63) is 82.0 Å². The molecule has 7 heteroatoms. The average Bonchev–Trinajstić information content (AvgIpc) is 3.23. The molecule has 1 heterocycles. The molecule has 1 atom stereocenters. The molecule has 0 bridgehead atoms. The average molecular weight is 423 g/mol. The van der Waals surface area contributed by atoms with Crippen LogP contribution in [0.2, 0.25) is 0 Å². The van der Waals surface area contributed by atoms with Crippen molar-refractivity contribution in [1.82, 2.24) is 0 Å². The summed E-state index contributed by atoms with van der Waals surface area (Å²) in [7, 11) is 0. The van der Waals surface area contributed by atoms with Crippen LogP contribution in [0.15, 0.2) is 66.0 Å². The minimum Gasteiger partial charge on any atom is -0.481 e. The third-order valence-electron chi connectivity index (χ3n) is 4.56. The summed E-state index contributed by atoms with van der Waals surface area (Å²) >= 11 is 1.34. The molecule has 3 N–H and O–H groups in total. The Morgan fingerprint density at radius 3 is 2.17 bits per heavy atom. The number of benzene rings is 2. The highest BCUT2D eigenvalue weighted by Crippen LogP contribution is 2.27. The summed E-state index contributed by atoms with van der Waals surface area (Å²) in [6.07, 6.45) is 0. The van der Waals surface area contributed by atoms with Gasteiger partial charge in [0.25, 0.3) is 11.8 Å². The second-order valence-corrected chi connectivity index (χ2v) is 8.10. The van der Waals surface area contributed by atoms with E-state index in [4.69, 9.17) is 0 Å². The van der Waals surface area contributed by atoms with E-state index in [-0.39, 0.29) is 17.7 Å². The standard InChI is InChI=1S/C23H22N2O4S/c1-14(2)20(23(28)29)15-6-3-8-17(12-15)24-21(26)16-7-4-9-18(13-16)25-22(27)19-10-5-11-30-19/h3-14,20H,1-2H3,(H,24,26)(H,25,27)(H,28,29). The number of carbonyl (C=O) groups is 3. The van der Waals surface area contributed by atoms with E-state index in [1.54, 1.807) is 60.7 Å². The maximum atomic E-state index is 12.7. The van der Waals surface area contributed by atoms with Gasteiger partial charge in [-0.15, -0.1) is 11.3 Å². The Labute approximate surface area is 178 Å². The Bertz CT molecular complexity index is 1060. The molecule has 6 nitrogen and oxygen atoms in total. The fourth-order valence-corrected chi connectivity index (χ4v) is 3.78. The summed E-state index contributed by atoms with van der Waals surface area (Å²) in [5.41, 5.74) is 2.04. The summed E-state index contributed by atoms with van der Waals surface area (Å²) < 4.78 is 0. The molecule has 0 aliphatic carbocycles. The van der Waals surface area contributed by atoms with Crippen LogP contribution in [0.4, 0.5) is 11.4 Å². The van der Waals surface area contributed by atoms with Crippen molar-refractivity contribution in [3.8, 4) is 0 Å². The van der Waals surface area contributed by atoms with Crippen molar-refractivity contribution < 1.29 is 19.5 Å². The monoisotopic (exact) mass is 422 g/mol. The highest BCUT2D eigenvalue weighted by atomic mass is 32.1. The molecule has 0 spiro atoms. The van der Waals surface area contributed by atoms with Crippen molar-refractivity contribution in [2.45, 2.75) is 19.8 Å². The van der Waals surface area contributed by atoms with Crippen LogP contribution >= 0.6 is 11.3 Å². The molecule has 0 radical (unpaired) electrons. The zero-order valence-corrected chi connectivity index (χ0v) is 17.4. The summed E-state index contributed by atoms with van der Waals surface area (Å²) in [5.74, 6) is -2.23. The number of carboxylic acid groups (broad SMARTS) is 1. The van der Waals surface area contributed by atoms with Crippen LogP contribution in [0, 0.1) is 5.92 Å². The third kappa shape index (κ3) is 5.12. The fraction of sp³-hybridized carbons (Fsp3) is 0.174. The molecule has 30 heavy (non-hydrogen) atoms. The van der Waals surface area contributed by atoms with E-state index in [1.807, 2.05) is 19.2 Å². The van der Waals surface area contributed by atoms with E-state index < -0.39 is 11.9 Å². The molecule has 1 aromatic heterocycles. The number of hydrogen-bond acceptors (Lipinski definition) is 4. The van der Waals surface area contributed by atoms with Crippen LogP contribution < -0.4 is 10.6 Å². The first-order valence-corrected chi connectivity index (χ1v) is 10.3. The number of hydrogen-bond donors (Lipinski definition) is 3. The Kier molecular flexibility index (Phi) is 6.64. The summed E-state index contributed by atoms with van der Waals surface area (Å²) in [6.45, 7) is 3.69.